The summed E-state index contributed by atoms with van der Waals surface area (Å²) < 4.78 is 8.29. The predicted octanol–water partition coefficient (Wildman–Crippen LogP) is 3.06. The molecule has 0 atom stereocenters. The number of aromatic amines is 1. The fraction of sp³-hybridized carbons (Fsp3) is 0.857. The lowest BCUT2D eigenvalue weighted by atomic mass is 9.95. The molecule has 1 aromatic heterocycles. The largest absolute Gasteiger partial charge is 0.383 e. The number of hydrogen-bond acceptors (Lipinski definition) is 4. The van der Waals surface area contributed by atoms with Gasteiger partial charge in [0.05, 0.1) is 6.61 Å². The van der Waals surface area contributed by atoms with E-state index in [0.29, 0.717) is 12.1 Å². The number of ether oxygens (including phenoxy) is 1. The average Bonchev–Trinajstić information content (AvgIpc) is 3.24. The zero-order chi connectivity index (χ0) is 13.9. The SMILES string of the molecule is COCCN(c1n[nH]c(=S)n1C1CCCCC1)C1CC1. The van der Waals surface area contributed by atoms with E-state index in [9.17, 15) is 0 Å². The van der Waals surface area contributed by atoms with E-state index in [1.807, 2.05) is 0 Å². The van der Waals surface area contributed by atoms with Crippen molar-refractivity contribution in [1.29, 1.82) is 0 Å². The highest BCUT2D eigenvalue weighted by Crippen LogP contribution is 2.35. The molecule has 2 fully saturated rings. The second-order valence-corrected chi connectivity index (χ2v) is 6.29. The Morgan fingerprint density at radius 3 is 2.70 bits per heavy atom. The van der Waals surface area contributed by atoms with Crippen LogP contribution in [0.2, 0.25) is 0 Å². The van der Waals surface area contributed by atoms with E-state index in [1.54, 1.807) is 7.11 Å². The maximum absolute atomic E-state index is 5.48. The number of hydrogen-bond donors (Lipinski definition) is 1. The highest BCUT2D eigenvalue weighted by molar-refractivity contribution is 7.71. The van der Waals surface area contributed by atoms with Crippen LogP contribution in [0.1, 0.15) is 51.0 Å². The smallest absolute Gasteiger partial charge is 0.226 e. The molecule has 2 aliphatic rings. The molecule has 0 amide bonds. The summed E-state index contributed by atoms with van der Waals surface area (Å²) in [7, 11) is 1.75. The number of nitrogens with zero attached hydrogens (tertiary/aromatic N) is 3. The Morgan fingerprint density at radius 1 is 1.30 bits per heavy atom. The fourth-order valence-corrected chi connectivity index (χ4v) is 3.47. The summed E-state index contributed by atoms with van der Waals surface area (Å²) in [5.74, 6) is 1.03. The molecule has 20 heavy (non-hydrogen) atoms. The predicted molar refractivity (Wildman–Crippen MR) is 81.8 cm³/mol. The van der Waals surface area contributed by atoms with Crippen molar-refractivity contribution in [3.63, 3.8) is 0 Å². The summed E-state index contributed by atoms with van der Waals surface area (Å²) in [5, 5.41) is 7.53. The Bertz CT molecular complexity index is 488. The lowest BCUT2D eigenvalue weighted by Gasteiger charge is -2.29. The quantitative estimate of drug-likeness (QED) is 0.820. The average molecular weight is 296 g/mol. The summed E-state index contributed by atoms with van der Waals surface area (Å²) >= 11 is 5.48. The first kappa shape index (κ1) is 14.1. The van der Waals surface area contributed by atoms with Crippen LogP contribution in [0.3, 0.4) is 0 Å². The standard InChI is InChI=1S/C14H24N4OS/c1-19-10-9-17(11-7-8-11)13-15-16-14(20)18(13)12-5-3-2-4-6-12/h11-12H,2-10H2,1H3,(H,16,20). The summed E-state index contributed by atoms with van der Waals surface area (Å²) in [6.07, 6.45) is 8.93. The van der Waals surface area contributed by atoms with E-state index in [-0.39, 0.29) is 0 Å². The topological polar surface area (TPSA) is 46.1 Å². The first-order valence-electron chi connectivity index (χ1n) is 7.73. The normalized spacial score (nSPS) is 20.2. The monoisotopic (exact) mass is 296 g/mol. The molecule has 0 radical (unpaired) electrons. The van der Waals surface area contributed by atoms with Gasteiger partial charge in [0.15, 0.2) is 4.77 Å². The van der Waals surface area contributed by atoms with E-state index in [2.05, 4.69) is 19.7 Å². The third-order valence-electron chi connectivity index (χ3n) is 4.41. The summed E-state index contributed by atoms with van der Waals surface area (Å²) in [6.45, 7) is 1.63. The molecular weight excluding hydrogens is 272 g/mol. The number of aromatic nitrogens is 3. The highest BCUT2D eigenvalue weighted by Gasteiger charge is 2.33. The molecule has 0 saturated heterocycles. The van der Waals surface area contributed by atoms with Crippen molar-refractivity contribution in [3.05, 3.63) is 4.77 Å². The van der Waals surface area contributed by atoms with Gasteiger partial charge in [0.1, 0.15) is 0 Å². The Morgan fingerprint density at radius 2 is 2.05 bits per heavy atom. The first-order chi connectivity index (χ1) is 9.81. The Balaban J connectivity index is 1.85. The van der Waals surface area contributed by atoms with Crippen molar-refractivity contribution in [2.45, 2.75) is 57.0 Å². The maximum Gasteiger partial charge on any atom is 0.226 e. The number of methoxy groups -OCH3 is 1. The van der Waals surface area contributed by atoms with Gasteiger partial charge in [-0.2, -0.15) is 0 Å². The van der Waals surface area contributed by atoms with E-state index >= 15 is 0 Å². The van der Waals surface area contributed by atoms with Gasteiger partial charge in [0.25, 0.3) is 0 Å². The molecule has 1 N–H and O–H groups in total. The van der Waals surface area contributed by atoms with Crippen LogP contribution in [-0.4, -0.2) is 41.1 Å². The van der Waals surface area contributed by atoms with Gasteiger partial charge >= 0.3 is 0 Å². The van der Waals surface area contributed by atoms with Crippen molar-refractivity contribution >= 4 is 18.2 Å². The molecule has 0 bridgehead atoms. The number of rotatable bonds is 6. The molecule has 0 unspecified atom stereocenters. The van der Waals surface area contributed by atoms with E-state index < -0.39 is 0 Å². The molecule has 2 aliphatic carbocycles. The minimum atomic E-state index is 0.522. The molecule has 1 heterocycles. The van der Waals surface area contributed by atoms with Crippen LogP contribution >= 0.6 is 12.2 Å². The van der Waals surface area contributed by atoms with Crippen molar-refractivity contribution in [1.82, 2.24) is 14.8 Å². The summed E-state index contributed by atoms with van der Waals surface area (Å²) in [6, 6.07) is 1.14. The van der Waals surface area contributed by atoms with Crippen LogP contribution in [0, 0.1) is 4.77 Å². The van der Waals surface area contributed by atoms with E-state index in [0.717, 1.165) is 23.9 Å². The van der Waals surface area contributed by atoms with E-state index in [1.165, 1.54) is 44.9 Å². The van der Waals surface area contributed by atoms with Gasteiger partial charge in [0.2, 0.25) is 5.95 Å². The van der Waals surface area contributed by atoms with Crippen molar-refractivity contribution in [3.8, 4) is 0 Å². The molecule has 5 nitrogen and oxygen atoms in total. The molecule has 112 valence electrons. The van der Waals surface area contributed by atoms with Crippen LogP contribution < -0.4 is 4.90 Å². The highest BCUT2D eigenvalue weighted by atomic mass is 32.1. The van der Waals surface area contributed by atoms with Crippen LogP contribution in [0.5, 0.6) is 0 Å². The van der Waals surface area contributed by atoms with Crippen LogP contribution in [0.25, 0.3) is 0 Å². The van der Waals surface area contributed by atoms with Gasteiger partial charge in [-0.25, -0.2) is 5.10 Å². The molecule has 3 rings (SSSR count). The third kappa shape index (κ3) is 2.91. The maximum atomic E-state index is 5.48. The van der Waals surface area contributed by atoms with Gasteiger partial charge in [-0.05, 0) is 37.9 Å². The molecule has 6 heteroatoms. The molecule has 0 spiro atoms. The first-order valence-corrected chi connectivity index (χ1v) is 8.14. The number of H-pyrrole nitrogens is 1. The van der Waals surface area contributed by atoms with Gasteiger partial charge < -0.3 is 9.64 Å². The van der Waals surface area contributed by atoms with Crippen molar-refractivity contribution in [2.24, 2.45) is 0 Å². The lowest BCUT2D eigenvalue weighted by molar-refractivity contribution is 0.204. The Labute approximate surface area is 125 Å². The second kappa shape index (κ2) is 6.26. The lowest BCUT2D eigenvalue weighted by Crippen LogP contribution is -2.33. The molecule has 0 aliphatic heterocycles. The Kier molecular flexibility index (Phi) is 4.41. The van der Waals surface area contributed by atoms with Gasteiger partial charge in [-0.1, -0.05) is 19.3 Å². The van der Waals surface area contributed by atoms with Crippen LogP contribution in [0.4, 0.5) is 5.95 Å². The zero-order valence-electron chi connectivity index (χ0n) is 12.2. The number of anilines is 1. The number of nitrogens with one attached hydrogen (secondary N) is 1. The molecule has 1 aromatic rings. The molecular formula is C14H24N4OS. The van der Waals surface area contributed by atoms with Gasteiger partial charge in [-0.15, -0.1) is 5.10 Å². The third-order valence-corrected chi connectivity index (χ3v) is 4.69. The second-order valence-electron chi connectivity index (χ2n) is 5.91. The zero-order valence-corrected chi connectivity index (χ0v) is 13.0. The van der Waals surface area contributed by atoms with Crippen LogP contribution in [0.15, 0.2) is 0 Å². The van der Waals surface area contributed by atoms with Crippen LogP contribution in [-0.2, 0) is 4.74 Å². The van der Waals surface area contributed by atoms with Gasteiger partial charge in [-0.3, -0.25) is 4.57 Å². The minimum Gasteiger partial charge on any atom is -0.383 e. The van der Waals surface area contributed by atoms with Gasteiger partial charge in [0, 0.05) is 25.7 Å². The fourth-order valence-electron chi connectivity index (χ4n) is 3.19. The van der Waals surface area contributed by atoms with Crippen molar-refractivity contribution in [2.75, 3.05) is 25.2 Å². The molecule has 2 saturated carbocycles. The summed E-state index contributed by atoms with van der Waals surface area (Å²) in [4.78, 5) is 2.38. The Hall–Kier alpha value is -0.880. The van der Waals surface area contributed by atoms with E-state index in [4.69, 9.17) is 17.0 Å². The summed E-state index contributed by atoms with van der Waals surface area (Å²) in [5.41, 5.74) is 0. The van der Waals surface area contributed by atoms with Crippen molar-refractivity contribution < 1.29 is 4.74 Å². The molecule has 0 aromatic carbocycles. The minimum absolute atomic E-state index is 0.522.